The Labute approximate surface area is 81.0 Å². The van der Waals surface area contributed by atoms with Gasteiger partial charge in [0.15, 0.2) is 0 Å². The summed E-state index contributed by atoms with van der Waals surface area (Å²) in [4.78, 5) is 0. The Hall–Kier alpha value is -0.0800. The first-order valence-electron chi connectivity index (χ1n) is 5.77. The summed E-state index contributed by atoms with van der Waals surface area (Å²) >= 11 is 0. The molecule has 2 heteroatoms. The maximum absolute atomic E-state index is 5.56. The van der Waals surface area contributed by atoms with Gasteiger partial charge < -0.3 is 10.1 Å². The van der Waals surface area contributed by atoms with E-state index >= 15 is 0 Å². The summed E-state index contributed by atoms with van der Waals surface area (Å²) in [6.45, 7) is 3.28. The van der Waals surface area contributed by atoms with Crippen molar-refractivity contribution in [3.8, 4) is 0 Å². The fourth-order valence-corrected chi connectivity index (χ4v) is 2.47. The van der Waals surface area contributed by atoms with E-state index in [1.54, 1.807) is 0 Å². The van der Waals surface area contributed by atoms with Crippen LogP contribution in [0, 0.1) is 5.92 Å². The summed E-state index contributed by atoms with van der Waals surface area (Å²) < 4.78 is 5.56. The fraction of sp³-hybridized carbons (Fsp3) is 1.00. The van der Waals surface area contributed by atoms with Crippen LogP contribution < -0.4 is 5.32 Å². The molecule has 0 aromatic carbocycles. The Morgan fingerprint density at radius 2 is 1.85 bits per heavy atom. The molecule has 2 rings (SSSR count). The van der Waals surface area contributed by atoms with Crippen LogP contribution in [0.1, 0.15) is 38.5 Å². The average Bonchev–Trinajstić information content (AvgIpc) is 2.75. The molecule has 1 saturated carbocycles. The molecule has 1 aliphatic heterocycles. The van der Waals surface area contributed by atoms with Gasteiger partial charge in [0.05, 0.1) is 6.10 Å². The van der Waals surface area contributed by atoms with Crippen LogP contribution in [0.4, 0.5) is 0 Å². The van der Waals surface area contributed by atoms with Crippen LogP contribution in [0.2, 0.25) is 0 Å². The van der Waals surface area contributed by atoms with E-state index in [4.69, 9.17) is 4.74 Å². The van der Waals surface area contributed by atoms with Gasteiger partial charge >= 0.3 is 0 Å². The van der Waals surface area contributed by atoms with Crippen LogP contribution in [-0.4, -0.2) is 25.8 Å². The molecule has 0 aromatic rings. The Balaban J connectivity index is 1.52. The molecule has 1 atom stereocenters. The molecular formula is C11H21NO. The summed E-state index contributed by atoms with van der Waals surface area (Å²) in [5, 5.41) is 3.54. The Bertz CT molecular complexity index is 121. The molecule has 13 heavy (non-hydrogen) atoms. The molecule has 0 radical (unpaired) electrons. The summed E-state index contributed by atoms with van der Waals surface area (Å²) in [6, 6.07) is 0. The van der Waals surface area contributed by atoms with Crippen molar-refractivity contribution in [1.29, 1.82) is 0 Å². The Kier molecular flexibility index (Phi) is 3.62. The van der Waals surface area contributed by atoms with Gasteiger partial charge in [-0.25, -0.2) is 0 Å². The maximum atomic E-state index is 5.56. The van der Waals surface area contributed by atoms with Crippen LogP contribution in [0.5, 0.6) is 0 Å². The van der Waals surface area contributed by atoms with Gasteiger partial charge in [-0.3, -0.25) is 0 Å². The lowest BCUT2D eigenvalue weighted by Gasteiger charge is -2.13. The summed E-state index contributed by atoms with van der Waals surface area (Å²) in [5.41, 5.74) is 0. The van der Waals surface area contributed by atoms with E-state index in [2.05, 4.69) is 5.32 Å². The zero-order valence-electron chi connectivity index (χ0n) is 8.43. The van der Waals surface area contributed by atoms with Gasteiger partial charge in [0.25, 0.3) is 0 Å². The molecule has 2 fully saturated rings. The molecule has 2 aliphatic rings. The van der Waals surface area contributed by atoms with E-state index < -0.39 is 0 Å². The predicted octanol–water partition coefficient (Wildman–Crippen LogP) is 1.95. The lowest BCUT2D eigenvalue weighted by Crippen LogP contribution is -2.29. The molecule has 0 aromatic heterocycles. The molecule has 0 bridgehead atoms. The van der Waals surface area contributed by atoms with Crippen LogP contribution in [-0.2, 0) is 4.74 Å². The highest BCUT2D eigenvalue weighted by atomic mass is 16.5. The zero-order chi connectivity index (χ0) is 8.93. The largest absolute Gasteiger partial charge is 0.377 e. The molecule has 1 heterocycles. The average molecular weight is 183 g/mol. The highest BCUT2D eigenvalue weighted by molar-refractivity contribution is 4.72. The summed E-state index contributed by atoms with van der Waals surface area (Å²) in [5.74, 6) is 0.960. The highest BCUT2D eigenvalue weighted by Gasteiger charge is 2.17. The van der Waals surface area contributed by atoms with Crippen molar-refractivity contribution in [3.63, 3.8) is 0 Å². The number of ether oxygens (including phenoxy) is 1. The van der Waals surface area contributed by atoms with Crippen LogP contribution in [0.15, 0.2) is 0 Å². The molecule has 76 valence electrons. The van der Waals surface area contributed by atoms with E-state index in [9.17, 15) is 0 Å². The van der Waals surface area contributed by atoms with Crippen molar-refractivity contribution in [2.75, 3.05) is 19.7 Å². The van der Waals surface area contributed by atoms with Crippen LogP contribution >= 0.6 is 0 Å². The smallest absolute Gasteiger partial charge is 0.0700 e. The first-order chi connectivity index (χ1) is 6.45. The van der Waals surface area contributed by atoms with Crippen molar-refractivity contribution in [3.05, 3.63) is 0 Å². The second kappa shape index (κ2) is 4.97. The van der Waals surface area contributed by atoms with E-state index in [1.165, 1.54) is 45.1 Å². The third-order valence-electron chi connectivity index (χ3n) is 3.30. The van der Waals surface area contributed by atoms with Gasteiger partial charge in [-0.2, -0.15) is 0 Å². The molecule has 1 aliphatic carbocycles. The topological polar surface area (TPSA) is 21.3 Å². The van der Waals surface area contributed by atoms with E-state index in [0.717, 1.165) is 19.1 Å². The lowest BCUT2D eigenvalue weighted by atomic mass is 10.1. The predicted molar refractivity (Wildman–Crippen MR) is 53.8 cm³/mol. The van der Waals surface area contributed by atoms with E-state index in [0.29, 0.717) is 6.10 Å². The first kappa shape index (κ1) is 9.47. The van der Waals surface area contributed by atoms with Crippen molar-refractivity contribution in [1.82, 2.24) is 5.32 Å². The number of hydrogen-bond acceptors (Lipinski definition) is 2. The fourth-order valence-electron chi connectivity index (χ4n) is 2.47. The normalized spacial score (nSPS) is 30.0. The number of hydrogen-bond donors (Lipinski definition) is 1. The lowest BCUT2D eigenvalue weighted by molar-refractivity contribution is 0.109. The Morgan fingerprint density at radius 1 is 1.00 bits per heavy atom. The van der Waals surface area contributed by atoms with E-state index in [1.807, 2.05) is 0 Å². The van der Waals surface area contributed by atoms with Gasteiger partial charge in [0.2, 0.25) is 0 Å². The van der Waals surface area contributed by atoms with Gasteiger partial charge in [-0.15, -0.1) is 0 Å². The third kappa shape index (κ3) is 2.96. The first-order valence-corrected chi connectivity index (χ1v) is 5.77. The van der Waals surface area contributed by atoms with Crippen LogP contribution in [0.25, 0.3) is 0 Å². The molecule has 1 N–H and O–H groups in total. The quantitative estimate of drug-likeness (QED) is 0.719. The second-order valence-electron chi connectivity index (χ2n) is 4.44. The van der Waals surface area contributed by atoms with E-state index in [-0.39, 0.29) is 0 Å². The van der Waals surface area contributed by atoms with Gasteiger partial charge in [-0.1, -0.05) is 12.8 Å². The third-order valence-corrected chi connectivity index (χ3v) is 3.30. The monoisotopic (exact) mass is 183 g/mol. The minimum absolute atomic E-state index is 0.515. The molecule has 1 unspecified atom stereocenters. The SMILES string of the molecule is C1CCC(CNCC2CCCO2)C1. The van der Waals surface area contributed by atoms with Crippen molar-refractivity contribution >= 4 is 0 Å². The van der Waals surface area contributed by atoms with Crippen molar-refractivity contribution in [2.24, 2.45) is 5.92 Å². The minimum atomic E-state index is 0.515. The van der Waals surface area contributed by atoms with Gasteiger partial charge in [0, 0.05) is 13.2 Å². The number of rotatable bonds is 4. The van der Waals surface area contributed by atoms with Crippen molar-refractivity contribution in [2.45, 2.75) is 44.6 Å². The summed E-state index contributed by atoms with van der Waals surface area (Å²) in [7, 11) is 0. The van der Waals surface area contributed by atoms with Crippen LogP contribution in [0.3, 0.4) is 0 Å². The van der Waals surface area contributed by atoms with Crippen molar-refractivity contribution < 1.29 is 4.74 Å². The van der Waals surface area contributed by atoms with Gasteiger partial charge in [-0.05, 0) is 38.1 Å². The zero-order valence-corrected chi connectivity index (χ0v) is 8.43. The molecule has 1 saturated heterocycles. The summed E-state index contributed by atoms with van der Waals surface area (Å²) in [6.07, 6.45) is 8.82. The highest BCUT2D eigenvalue weighted by Crippen LogP contribution is 2.23. The van der Waals surface area contributed by atoms with Gasteiger partial charge in [0.1, 0.15) is 0 Å². The minimum Gasteiger partial charge on any atom is -0.377 e. The molecule has 2 nitrogen and oxygen atoms in total. The molecule has 0 spiro atoms. The second-order valence-corrected chi connectivity index (χ2v) is 4.44. The maximum Gasteiger partial charge on any atom is 0.0700 e. The molecule has 0 amide bonds. The standard InChI is InChI=1S/C11H21NO/c1-2-5-10(4-1)8-12-9-11-6-3-7-13-11/h10-12H,1-9H2. The molecular weight excluding hydrogens is 162 g/mol. The Morgan fingerprint density at radius 3 is 2.54 bits per heavy atom. The number of nitrogens with one attached hydrogen (secondary N) is 1.